The molecule has 106 valence electrons. The lowest BCUT2D eigenvalue weighted by atomic mass is 9.97. The molecule has 4 rings (SSSR count). The third kappa shape index (κ3) is 1.75. The Kier molecular flexibility index (Phi) is 2.55. The molecule has 1 aliphatic rings. The third-order valence-electron chi connectivity index (χ3n) is 4.45. The predicted octanol–water partition coefficient (Wildman–Crippen LogP) is 3.25. The summed E-state index contributed by atoms with van der Waals surface area (Å²) in [6, 6.07) is 8.40. The van der Waals surface area contributed by atoms with Gasteiger partial charge in [-0.2, -0.15) is 5.10 Å². The van der Waals surface area contributed by atoms with Crippen LogP contribution in [-0.4, -0.2) is 15.2 Å². The van der Waals surface area contributed by atoms with Gasteiger partial charge in [0.2, 0.25) is 0 Å². The van der Waals surface area contributed by atoms with Gasteiger partial charge >= 0.3 is 0 Å². The van der Waals surface area contributed by atoms with E-state index in [1.54, 1.807) is 0 Å². The molecule has 3 N–H and O–H groups in total. The summed E-state index contributed by atoms with van der Waals surface area (Å²) in [5.74, 6) is 1.27. The van der Waals surface area contributed by atoms with Crippen LogP contribution >= 0.6 is 0 Å². The van der Waals surface area contributed by atoms with E-state index in [0.29, 0.717) is 11.7 Å². The van der Waals surface area contributed by atoms with Gasteiger partial charge < -0.3 is 5.73 Å². The van der Waals surface area contributed by atoms with Crippen molar-refractivity contribution in [1.82, 2.24) is 15.2 Å². The van der Waals surface area contributed by atoms with E-state index in [1.807, 2.05) is 0 Å². The lowest BCUT2D eigenvalue weighted by molar-refractivity contribution is 0.628. The number of nitrogen functional groups attached to an aromatic ring is 1. The summed E-state index contributed by atoms with van der Waals surface area (Å²) in [4.78, 5) is 4.81. The molecule has 0 saturated carbocycles. The summed E-state index contributed by atoms with van der Waals surface area (Å²) in [6.07, 6.45) is 2.11. The number of aryl methyl sites for hydroxylation is 1. The van der Waals surface area contributed by atoms with Gasteiger partial charge in [-0.25, -0.2) is 4.98 Å². The van der Waals surface area contributed by atoms with E-state index in [-0.39, 0.29) is 0 Å². The average molecular weight is 278 g/mol. The molecule has 1 aromatic carbocycles. The monoisotopic (exact) mass is 278 g/mol. The fourth-order valence-electron chi connectivity index (χ4n) is 3.47. The van der Waals surface area contributed by atoms with Crippen molar-refractivity contribution in [2.24, 2.45) is 5.92 Å². The first-order valence-electron chi connectivity index (χ1n) is 7.36. The van der Waals surface area contributed by atoms with Crippen molar-refractivity contribution >= 4 is 16.9 Å². The number of anilines is 1. The largest absolute Gasteiger partial charge is 0.384 e. The van der Waals surface area contributed by atoms with E-state index in [9.17, 15) is 0 Å². The van der Waals surface area contributed by atoms with Crippen LogP contribution in [-0.2, 0) is 12.8 Å². The van der Waals surface area contributed by atoms with Gasteiger partial charge in [0.15, 0.2) is 5.65 Å². The molecule has 0 aliphatic heterocycles. The molecule has 2 heterocycles. The zero-order valence-corrected chi connectivity index (χ0v) is 12.3. The van der Waals surface area contributed by atoms with Gasteiger partial charge in [0.1, 0.15) is 5.82 Å². The molecule has 0 saturated heterocycles. The Morgan fingerprint density at radius 3 is 2.76 bits per heavy atom. The normalized spacial score (nSPS) is 17.3. The molecule has 0 fully saturated rings. The van der Waals surface area contributed by atoms with Gasteiger partial charge in [-0.15, -0.1) is 0 Å². The zero-order chi connectivity index (χ0) is 14.6. The molecule has 0 bridgehead atoms. The highest BCUT2D eigenvalue weighted by molar-refractivity contribution is 5.93. The maximum Gasteiger partial charge on any atom is 0.183 e. The molecule has 2 aromatic heterocycles. The maximum absolute atomic E-state index is 6.06. The summed E-state index contributed by atoms with van der Waals surface area (Å²) in [5, 5.41) is 8.18. The van der Waals surface area contributed by atoms with Gasteiger partial charge in [0, 0.05) is 5.56 Å². The standard InChI is InChI=1S/C17H18N4/c1-9-7-12-13(8-9)15(11-6-4-3-5-10(11)2)19-17-14(12)16(18)20-21-17/h3-6,9H,7-8H2,1-2H3,(H3,18,19,20,21). The van der Waals surface area contributed by atoms with Crippen LogP contribution in [0.4, 0.5) is 5.82 Å². The minimum absolute atomic E-state index is 0.629. The van der Waals surface area contributed by atoms with Crippen molar-refractivity contribution < 1.29 is 0 Å². The summed E-state index contributed by atoms with van der Waals surface area (Å²) in [6.45, 7) is 4.41. The molecule has 3 aromatic rings. The first-order chi connectivity index (χ1) is 10.1. The van der Waals surface area contributed by atoms with Gasteiger partial charge in [-0.1, -0.05) is 31.2 Å². The second kappa shape index (κ2) is 4.32. The number of nitrogens with zero attached hydrogens (tertiary/aromatic N) is 2. The number of rotatable bonds is 1. The minimum Gasteiger partial charge on any atom is -0.384 e. The van der Waals surface area contributed by atoms with E-state index in [2.05, 4.69) is 48.3 Å². The fraction of sp³-hybridized carbons (Fsp3) is 0.294. The number of hydrogen-bond acceptors (Lipinski definition) is 3. The SMILES string of the molecule is Cc1ccccc1-c1nc2n[nH]c(N)c2c2c1CC(C)C2. The average Bonchev–Trinajstić information content (AvgIpc) is 3.01. The zero-order valence-electron chi connectivity index (χ0n) is 12.3. The van der Waals surface area contributed by atoms with Gasteiger partial charge in [-0.3, -0.25) is 5.10 Å². The minimum atomic E-state index is 0.629. The molecule has 1 atom stereocenters. The van der Waals surface area contributed by atoms with Crippen molar-refractivity contribution in [2.75, 3.05) is 5.73 Å². The topological polar surface area (TPSA) is 67.6 Å². The van der Waals surface area contributed by atoms with E-state index >= 15 is 0 Å². The Labute approximate surface area is 123 Å². The number of aromatic nitrogens is 3. The molecule has 1 aliphatic carbocycles. The van der Waals surface area contributed by atoms with Crippen molar-refractivity contribution in [3.05, 3.63) is 41.0 Å². The van der Waals surface area contributed by atoms with Crippen LogP contribution in [0.15, 0.2) is 24.3 Å². The van der Waals surface area contributed by atoms with Crippen molar-refractivity contribution in [1.29, 1.82) is 0 Å². The quantitative estimate of drug-likeness (QED) is 0.718. The molecule has 0 radical (unpaired) electrons. The first kappa shape index (κ1) is 12.4. The maximum atomic E-state index is 6.06. The Balaban J connectivity index is 2.08. The van der Waals surface area contributed by atoms with Gasteiger partial charge in [0.25, 0.3) is 0 Å². The molecular formula is C17H18N4. The Hall–Kier alpha value is -2.36. The molecular weight excluding hydrogens is 260 g/mol. The molecule has 1 unspecified atom stereocenters. The second-order valence-electron chi connectivity index (χ2n) is 6.08. The number of nitrogens with one attached hydrogen (secondary N) is 1. The van der Waals surface area contributed by atoms with E-state index < -0.39 is 0 Å². The third-order valence-corrected chi connectivity index (χ3v) is 4.45. The second-order valence-corrected chi connectivity index (χ2v) is 6.08. The Morgan fingerprint density at radius 2 is 1.95 bits per heavy atom. The van der Waals surface area contributed by atoms with Crippen molar-refractivity contribution in [2.45, 2.75) is 26.7 Å². The van der Waals surface area contributed by atoms with Crippen LogP contribution in [0.5, 0.6) is 0 Å². The number of nitrogens with two attached hydrogens (primary N) is 1. The number of benzene rings is 1. The highest BCUT2D eigenvalue weighted by atomic mass is 15.2. The van der Waals surface area contributed by atoms with Crippen LogP contribution < -0.4 is 5.73 Å². The lowest BCUT2D eigenvalue weighted by Crippen LogP contribution is -1.97. The lowest BCUT2D eigenvalue weighted by Gasteiger charge is -2.11. The smallest absolute Gasteiger partial charge is 0.183 e. The first-order valence-corrected chi connectivity index (χ1v) is 7.36. The highest BCUT2D eigenvalue weighted by Crippen LogP contribution is 2.39. The number of aromatic amines is 1. The highest BCUT2D eigenvalue weighted by Gasteiger charge is 2.27. The van der Waals surface area contributed by atoms with E-state index in [0.717, 1.165) is 29.6 Å². The number of fused-ring (bicyclic) bond motifs is 3. The van der Waals surface area contributed by atoms with Gasteiger partial charge in [-0.05, 0) is 42.4 Å². The number of H-pyrrole nitrogens is 1. The fourth-order valence-corrected chi connectivity index (χ4v) is 3.47. The van der Waals surface area contributed by atoms with Crippen LogP contribution in [0.3, 0.4) is 0 Å². The summed E-state index contributed by atoms with van der Waals surface area (Å²) in [7, 11) is 0. The van der Waals surface area contributed by atoms with Gasteiger partial charge in [0.05, 0.1) is 11.1 Å². The summed E-state index contributed by atoms with van der Waals surface area (Å²) in [5.41, 5.74) is 13.0. The van der Waals surface area contributed by atoms with E-state index in [4.69, 9.17) is 10.7 Å². The molecule has 21 heavy (non-hydrogen) atoms. The summed E-state index contributed by atoms with van der Waals surface area (Å²) < 4.78 is 0. The molecule has 4 heteroatoms. The molecule has 0 amide bonds. The van der Waals surface area contributed by atoms with Crippen LogP contribution in [0.1, 0.15) is 23.6 Å². The number of hydrogen-bond donors (Lipinski definition) is 2. The summed E-state index contributed by atoms with van der Waals surface area (Å²) >= 11 is 0. The Morgan fingerprint density at radius 1 is 1.19 bits per heavy atom. The van der Waals surface area contributed by atoms with Crippen LogP contribution in [0.25, 0.3) is 22.3 Å². The number of pyridine rings is 1. The van der Waals surface area contributed by atoms with Crippen molar-refractivity contribution in [3.8, 4) is 11.3 Å². The Bertz CT molecular complexity index is 847. The molecule has 4 nitrogen and oxygen atoms in total. The molecule has 0 spiro atoms. The van der Waals surface area contributed by atoms with Crippen LogP contribution in [0.2, 0.25) is 0 Å². The van der Waals surface area contributed by atoms with E-state index in [1.165, 1.54) is 22.3 Å². The van der Waals surface area contributed by atoms with Crippen molar-refractivity contribution in [3.63, 3.8) is 0 Å². The van der Waals surface area contributed by atoms with Crippen LogP contribution in [0, 0.1) is 12.8 Å². The predicted molar refractivity (Wildman–Crippen MR) is 85.0 cm³/mol.